The molecule has 0 unspecified atom stereocenters. The van der Waals surface area contributed by atoms with E-state index in [1.807, 2.05) is 32.2 Å². The zero-order valence-electron chi connectivity index (χ0n) is 11.6. The summed E-state index contributed by atoms with van der Waals surface area (Å²) < 4.78 is 1.80. The number of aryl methyl sites for hydroxylation is 2. The minimum Gasteiger partial charge on any atom is -0.335 e. The van der Waals surface area contributed by atoms with Gasteiger partial charge in [-0.1, -0.05) is 12.0 Å². The highest BCUT2D eigenvalue weighted by Gasteiger charge is 2.23. The molecule has 19 heavy (non-hydrogen) atoms. The Morgan fingerprint density at radius 3 is 2.79 bits per heavy atom. The minimum absolute atomic E-state index is 0.210. The lowest BCUT2D eigenvalue weighted by atomic mass is 10.1. The van der Waals surface area contributed by atoms with Crippen LogP contribution >= 0.6 is 0 Å². The van der Waals surface area contributed by atoms with Gasteiger partial charge in [0.15, 0.2) is 0 Å². The number of nitrogens with zero attached hydrogens (tertiary/aromatic N) is 2. The summed E-state index contributed by atoms with van der Waals surface area (Å²) in [5.41, 5.74) is 2.36. The summed E-state index contributed by atoms with van der Waals surface area (Å²) in [6.45, 7) is 7.36. The molecule has 2 aromatic heterocycles. The lowest BCUT2D eigenvalue weighted by Crippen LogP contribution is -2.42. The van der Waals surface area contributed by atoms with Crippen molar-refractivity contribution < 1.29 is 4.79 Å². The maximum Gasteiger partial charge on any atom is 0.271 e. The highest BCUT2D eigenvalue weighted by molar-refractivity contribution is 5.95. The van der Waals surface area contributed by atoms with E-state index in [1.54, 1.807) is 18.2 Å². The minimum atomic E-state index is -0.683. The average Bonchev–Trinajstić information content (AvgIpc) is 2.66. The molecular formula is C15H17N3O. The van der Waals surface area contributed by atoms with E-state index in [9.17, 15) is 4.79 Å². The maximum atomic E-state index is 12.4. The molecule has 2 rings (SSSR count). The summed E-state index contributed by atoms with van der Waals surface area (Å²) in [4.78, 5) is 16.8. The largest absolute Gasteiger partial charge is 0.335 e. The molecule has 1 amide bonds. The lowest BCUT2D eigenvalue weighted by molar-refractivity contribution is 0.0923. The van der Waals surface area contributed by atoms with Gasteiger partial charge in [-0.2, -0.15) is 0 Å². The summed E-state index contributed by atoms with van der Waals surface area (Å²) in [6, 6.07) is 3.86. The number of aromatic nitrogens is 2. The van der Waals surface area contributed by atoms with Crippen molar-refractivity contribution in [2.24, 2.45) is 0 Å². The first kappa shape index (κ1) is 13.2. The van der Waals surface area contributed by atoms with Crippen molar-refractivity contribution in [1.82, 2.24) is 14.7 Å². The number of hydrogen-bond acceptors (Lipinski definition) is 2. The number of carbonyl (C=O) groups excluding carboxylic acids is 1. The molecule has 2 aromatic rings. The number of nitrogens with one attached hydrogen (secondary N) is 1. The predicted octanol–water partition coefficient (Wildman–Crippen LogP) is 2.09. The zero-order chi connectivity index (χ0) is 14.2. The van der Waals surface area contributed by atoms with Crippen LogP contribution in [0.15, 0.2) is 18.3 Å². The topological polar surface area (TPSA) is 46.4 Å². The van der Waals surface area contributed by atoms with Crippen molar-refractivity contribution in [3.63, 3.8) is 0 Å². The second kappa shape index (κ2) is 4.43. The van der Waals surface area contributed by atoms with Gasteiger partial charge in [0, 0.05) is 6.20 Å². The Bertz CT molecular complexity index is 689. The standard InChI is InChI=1S/C15H17N3O/c1-6-15(4,5)17-14(19)12-11(3)16-13-10(2)8-7-9-18(12)13/h1,7-9H,2-5H3,(H,17,19). The van der Waals surface area contributed by atoms with E-state index in [1.165, 1.54) is 0 Å². The van der Waals surface area contributed by atoms with E-state index in [0.29, 0.717) is 11.4 Å². The van der Waals surface area contributed by atoms with Crippen LogP contribution in [0, 0.1) is 26.2 Å². The molecule has 0 radical (unpaired) electrons. The van der Waals surface area contributed by atoms with Crippen molar-refractivity contribution in [3.05, 3.63) is 35.3 Å². The summed E-state index contributed by atoms with van der Waals surface area (Å²) in [5.74, 6) is 2.34. The molecule has 2 heterocycles. The van der Waals surface area contributed by atoms with Crippen LogP contribution in [0.5, 0.6) is 0 Å². The van der Waals surface area contributed by atoms with Crippen molar-refractivity contribution in [1.29, 1.82) is 0 Å². The second-order valence-electron chi connectivity index (χ2n) is 5.15. The molecule has 0 spiro atoms. The molecule has 0 aliphatic carbocycles. The molecule has 0 aliphatic heterocycles. The molecule has 4 nitrogen and oxygen atoms in total. The van der Waals surface area contributed by atoms with Gasteiger partial charge in [0.05, 0.1) is 11.2 Å². The quantitative estimate of drug-likeness (QED) is 0.835. The highest BCUT2D eigenvalue weighted by atomic mass is 16.2. The van der Waals surface area contributed by atoms with Gasteiger partial charge in [-0.25, -0.2) is 4.98 Å². The molecule has 0 bridgehead atoms. The summed E-state index contributed by atoms with van der Waals surface area (Å²) in [7, 11) is 0. The molecule has 0 saturated heterocycles. The Hall–Kier alpha value is -2.28. The molecule has 0 aliphatic rings. The van der Waals surface area contributed by atoms with Crippen LogP contribution in [0.3, 0.4) is 0 Å². The van der Waals surface area contributed by atoms with Crippen LogP contribution < -0.4 is 5.32 Å². The van der Waals surface area contributed by atoms with Gasteiger partial charge in [0.1, 0.15) is 11.3 Å². The van der Waals surface area contributed by atoms with Gasteiger partial charge in [0.2, 0.25) is 0 Å². The third kappa shape index (κ3) is 2.32. The van der Waals surface area contributed by atoms with E-state index >= 15 is 0 Å². The highest BCUT2D eigenvalue weighted by Crippen LogP contribution is 2.16. The Morgan fingerprint density at radius 1 is 1.47 bits per heavy atom. The van der Waals surface area contributed by atoms with Gasteiger partial charge < -0.3 is 5.32 Å². The predicted molar refractivity (Wildman–Crippen MR) is 75.0 cm³/mol. The molecule has 98 valence electrons. The van der Waals surface area contributed by atoms with Crippen molar-refractivity contribution in [3.8, 4) is 12.3 Å². The number of rotatable bonds is 2. The number of imidazole rings is 1. The van der Waals surface area contributed by atoms with Crippen molar-refractivity contribution in [2.45, 2.75) is 33.2 Å². The molecular weight excluding hydrogens is 238 g/mol. The summed E-state index contributed by atoms with van der Waals surface area (Å²) >= 11 is 0. The van der Waals surface area contributed by atoms with Crippen LogP contribution in [-0.2, 0) is 0 Å². The van der Waals surface area contributed by atoms with Crippen LogP contribution in [0.1, 0.15) is 35.6 Å². The smallest absolute Gasteiger partial charge is 0.271 e. The lowest BCUT2D eigenvalue weighted by Gasteiger charge is -2.19. The van der Waals surface area contributed by atoms with Gasteiger partial charge in [-0.3, -0.25) is 9.20 Å². The van der Waals surface area contributed by atoms with Gasteiger partial charge in [-0.15, -0.1) is 6.42 Å². The van der Waals surface area contributed by atoms with Crippen molar-refractivity contribution >= 4 is 11.6 Å². The van der Waals surface area contributed by atoms with Crippen LogP contribution in [0.2, 0.25) is 0 Å². The van der Waals surface area contributed by atoms with Crippen molar-refractivity contribution in [2.75, 3.05) is 0 Å². The summed E-state index contributed by atoms with van der Waals surface area (Å²) in [6.07, 6.45) is 7.23. The SMILES string of the molecule is C#CC(C)(C)NC(=O)c1c(C)nc2c(C)cccn12. The van der Waals surface area contributed by atoms with E-state index in [0.717, 1.165) is 11.2 Å². The fourth-order valence-electron chi connectivity index (χ4n) is 1.97. The Morgan fingerprint density at radius 2 is 2.16 bits per heavy atom. The molecule has 0 atom stereocenters. The van der Waals surface area contributed by atoms with Crippen LogP contribution in [0.25, 0.3) is 5.65 Å². The van der Waals surface area contributed by atoms with E-state index in [2.05, 4.69) is 16.2 Å². The number of fused-ring (bicyclic) bond motifs is 1. The van der Waals surface area contributed by atoms with Gasteiger partial charge >= 0.3 is 0 Å². The average molecular weight is 255 g/mol. The number of terminal acetylenes is 1. The fourth-order valence-corrected chi connectivity index (χ4v) is 1.97. The third-order valence-electron chi connectivity index (χ3n) is 3.02. The summed E-state index contributed by atoms with van der Waals surface area (Å²) in [5, 5.41) is 2.82. The van der Waals surface area contributed by atoms with Gasteiger partial charge in [-0.05, 0) is 39.3 Å². The first-order valence-electron chi connectivity index (χ1n) is 6.10. The third-order valence-corrected chi connectivity index (χ3v) is 3.02. The van der Waals surface area contributed by atoms with E-state index < -0.39 is 5.54 Å². The number of hydrogen-bond donors (Lipinski definition) is 1. The first-order chi connectivity index (χ1) is 8.85. The Balaban J connectivity index is 2.52. The monoisotopic (exact) mass is 255 g/mol. The number of pyridine rings is 1. The second-order valence-corrected chi connectivity index (χ2v) is 5.15. The Kier molecular flexibility index (Phi) is 3.07. The molecule has 0 fully saturated rings. The van der Waals surface area contributed by atoms with Crippen LogP contribution in [0.4, 0.5) is 0 Å². The molecule has 0 saturated carbocycles. The van der Waals surface area contributed by atoms with E-state index in [-0.39, 0.29) is 5.91 Å². The normalized spacial score (nSPS) is 11.3. The molecule has 4 heteroatoms. The fraction of sp³-hybridized carbons (Fsp3) is 0.333. The number of carbonyl (C=O) groups is 1. The van der Waals surface area contributed by atoms with E-state index in [4.69, 9.17) is 6.42 Å². The van der Waals surface area contributed by atoms with Crippen LogP contribution in [-0.4, -0.2) is 20.8 Å². The molecule has 0 aromatic carbocycles. The zero-order valence-corrected chi connectivity index (χ0v) is 11.6. The number of amides is 1. The maximum absolute atomic E-state index is 12.4. The van der Waals surface area contributed by atoms with Gasteiger partial charge in [0.25, 0.3) is 5.91 Å². The molecule has 1 N–H and O–H groups in total. The first-order valence-corrected chi connectivity index (χ1v) is 6.10. The Labute approximate surface area is 112 Å².